The standard InChI is InChI=1S/C18H20N3O2S/c1-13-11-14-5-3-9-21-10-4-7-16(18(14)21)17(13)20-24(22,23)15-6-2-8-19-12-15/h2,6,8,11-12H,3-5,7,9-10H2,1H3/q-1. The molecule has 1 aromatic carbocycles. The van der Waals surface area contributed by atoms with Crippen molar-refractivity contribution in [2.45, 2.75) is 37.5 Å². The largest absolute Gasteiger partial charge is 0.572 e. The number of aryl methyl sites for hydroxylation is 2. The second-order valence-electron chi connectivity index (χ2n) is 6.48. The molecule has 0 spiro atoms. The number of sulfonamides is 1. The Hall–Kier alpha value is -2.08. The zero-order chi connectivity index (χ0) is 16.7. The number of anilines is 1. The highest BCUT2D eigenvalue weighted by Gasteiger charge is 2.25. The van der Waals surface area contributed by atoms with Gasteiger partial charge in [-0.05, 0) is 55.9 Å². The molecule has 0 amide bonds. The van der Waals surface area contributed by atoms with Crippen LogP contribution in [0.2, 0.25) is 0 Å². The fourth-order valence-electron chi connectivity index (χ4n) is 3.81. The molecular weight excluding hydrogens is 322 g/mol. The summed E-state index contributed by atoms with van der Waals surface area (Å²) in [5, 5.41) is 0. The van der Waals surface area contributed by atoms with E-state index in [1.54, 1.807) is 12.3 Å². The zero-order valence-electron chi connectivity index (χ0n) is 13.7. The van der Waals surface area contributed by atoms with E-state index in [1.165, 1.54) is 23.5 Å². The topological polar surface area (TPSA) is 64.4 Å². The van der Waals surface area contributed by atoms with Crippen LogP contribution < -0.4 is 4.90 Å². The van der Waals surface area contributed by atoms with Crippen LogP contribution in [0, 0.1) is 6.92 Å². The first-order valence-corrected chi connectivity index (χ1v) is 9.78. The van der Waals surface area contributed by atoms with E-state index in [9.17, 15) is 8.42 Å². The number of rotatable bonds is 3. The molecular formula is C18H20N3O2S-. The summed E-state index contributed by atoms with van der Waals surface area (Å²) in [6.45, 7) is 4.07. The van der Waals surface area contributed by atoms with Crippen molar-refractivity contribution < 1.29 is 8.42 Å². The molecule has 0 fully saturated rings. The molecule has 5 nitrogen and oxygen atoms in total. The average Bonchev–Trinajstić information content (AvgIpc) is 2.59. The predicted octanol–water partition coefficient (Wildman–Crippen LogP) is 3.48. The van der Waals surface area contributed by atoms with E-state index < -0.39 is 10.0 Å². The summed E-state index contributed by atoms with van der Waals surface area (Å²) >= 11 is 0. The molecule has 0 saturated carbocycles. The molecule has 1 aromatic heterocycles. The maximum atomic E-state index is 12.7. The number of hydrogen-bond acceptors (Lipinski definition) is 4. The molecule has 0 N–H and O–H groups in total. The predicted molar refractivity (Wildman–Crippen MR) is 94.5 cm³/mol. The van der Waals surface area contributed by atoms with Gasteiger partial charge in [0, 0.05) is 31.2 Å². The summed E-state index contributed by atoms with van der Waals surface area (Å²) in [6.07, 6.45) is 7.08. The van der Waals surface area contributed by atoms with Gasteiger partial charge in [-0.25, -0.2) is 8.42 Å². The van der Waals surface area contributed by atoms with Crippen LogP contribution in [0.1, 0.15) is 29.5 Å². The Morgan fingerprint density at radius 3 is 2.75 bits per heavy atom. The Bertz CT molecular complexity index is 877. The summed E-state index contributed by atoms with van der Waals surface area (Å²) in [7, 11) is -3.74. The number of benzene rings is 1. The van der Waals surface area contributed by atoms with E-state index >= 15 is 0 Å². The van der Waals surface area contributed by atoms with Gasteiger partial charge >= 0.3 is 0 Å². The highest BCUT2D eigenvalue weighted by molar-refractivity contribution is 7.94. The minimum Gasteiger partial charge on any atom is -0.572 e. The molecule has 0 atom stereocenters. The van der Waals surface area contributed by atoms with E-state index in [4.69, 9.17) is 0 Å². The van der Waals surface area contributed by atoms with E-state index in [2.05, 4.69) is 20.7 Å². The van der Waals surface area contributed by atoms with Crippen LogP contribution in [0.5, 0.6) is 0 Å². The van der Waals surface area contributed by atoms with Crippen molar-refractivity contribution in [2.24, 2.45) is 0 Å². The second kappa shape index (κ2) is 5.77. The van der Waals surface area contributed by atoms with Gasteiger partial charge in [0.25, 0.3) is 0 Å². The summed E-state index contributed by atoms with van der Waals surface area (Å²) < 4.78 is 29.6. The maximum absolute atomic E-state index is 12.7. The molecule has 3 heterocycles. The fraction of sp³-hybridized carbons (Fsp3) is 0.389. The molecule has 2 aliphatic rings. The summed E-state index contributed by atoms with van der Waals surface area (Å²) in [5.74, 6) is 0. The van der Waals surface area contributed by atoms with E-state index in [-0.39, 0.29) is 4.90 Å². The van der Waals surface area contributed by atoms with E-state index in [1.807, 2.05) is 6.92 Å². The van der Waals surface area contributed by atoms with Gasteiger partial charge in [0.2, 0.25) is 0 Å². The Balaban J connectivity index is 1.81. The summed E-state index contributed by atoms with van der Waals surface area (Å²) in [4.78, 5) is 6.44. The minimum atomic E-state index is -3.74. The van der Waals surface area contributed by atoms with Crippen LogP contribution >= 0.6 is 0 Å². The molecule has 2 aromatic rings. The quantitative estimate of drug-likeness (QED) is 0.856. The Morgan fingerprint density at radius 2 is 2.00 bits per heavy atom. The molecule has 126 valence electrons. The van der Waals surface area contributed by atoms with Crippen molar-refractivity contribution in [3.63, 3.8) is 0 Å². The smallest absolute Gasteiger partial charge is 0.124 e. The molecule has 0 bridgehead atoms. The van der Waals surface area contributed by atoms with E-state index in [0.717, 1.165) is 49.9 Å². The molecule has 0 aliphatic carbocycles. The van der Waals surface area contributed by atoms with Gasteiger partial charge in [-0.1, -0.05) is 11.6 Å². The van der Waals surface area contributed by atoms with Crippen molar-refractivity contribution >= 4 is 21.4 Å². The van der Waals surface area contributed by atoms with Crippen LogP contribution in [-0.4, -0.2) is 26.5 Å². The maximum Gasteiger partial charge on any atom is 0.124 e. The van der Waals surface area contributed by atoms with Crippen LogP contribution in [0.15, 0.2) is 35.5 Å². The first-order chi connectivity index (χ1) is 11.6. The molecule has 6 heteroatoms. The van der Waals surface area contributed by atoms with Gasteiger partial charge in [0.1, 0.15) is 10.0 Å². The minimum absolute atomic E-state index is 0.141. The lowest BCUT2D eigenvalue weighted by atomic mass is 9.89. The number of pyridine rings is 1. The molecule has 2 aliphatic heterocycles. The third kappa shape index (κ3) is 2.55. The van der Waals surface area contributed by atoms with Crippen molar-refractivity contribution in [1.82, 2.24) is 4.98 Å². The number of hydrogen-bond donors (Lipinski definition) is 0. The first kappa shape index (κ1) is 15.4. The lowest BCUT2D eigenvalue weighted by Gasteiger charge is -2.41. The van der Waals surface area contributed by atoms with Gasteiger partial charge in [-0.15, -0.1) is 5.69 Å². The summed E-state index contributed by atoms with van der Waals surface area (Å²) in [6, 6.07) is 5.28. The third-order valence-electron chi connectivity index (χ3n) is 4.83. The highest BCUT2D eigenvalue weighted by atomic mass is 32.2. The van der Waals surface area contributed by atoms with Crippen LogP contribution in [0.25, 0.3) is 4.72 Å². The normalized spacial score (nSPS) is 16.6. The summed E-state index contributed by atoms with van der Waals surface area (Å²) in [5.41, 5.74) is 5.25. The van der Waals surface area contributed by atoms with Gasteiger partial charge < -0.3 is 9.62 Å². The Morgan fingerprint density at radius 1 is 1.21 bits per heavy atom. The van der Waals surface area contributed by atoms with Crippen molar-refractivity contribution in [2.75, 3.05) is 18.0 Å². The highest BCUT2D eigenvalue weighted by Crippen LogP contribution is 2.45. The average molecular weight is 342 g/mol. The lowest BCUT2D eigenvalue weighted by molar-refractivity contribution is 0.602. The molecule has 0 radical (unpaired) electrons. The number of nitrogens with zero attached hydrogens (tertiary/aromatic N) is 3. The van der Waals surface area contributed by atoms with E-state index in [0.29, 0.717) is 5.69 Å². The van der Waals surface area contributed by atoms with Crippen molar-refractivity contribution in [1.29, 1.82) is 0 Å². The third-order valence-corrected chi connectivity index (χ3v) is 6.09. The zero-order valence-corrected chi connectivity index (χ0v) is 14.5. The van der Waals surface area contributed by atoms with Crippen LogP contribution in [-0.2, 0) is 22.9 Å². The van der Waals surface area contributed by atoms with Crippen molar-refractivity contribution in [3.8, 4) is 0 Å². The van der Waals surface area contributed by atoms with Gasteiger partial charge in [0.15, 0.2) is 0 Å². The van der Waals surface area contributed by atoms with Gasteiger partial charge in [0.05, 0.1) is 4.90 Å². The van der Waals surface area contributed by atoms with Crippen molar-refractivity contribution in [3.05, 3.63) is 52.0 Å². The number of aromatic nitrogens is 1. The first-order valence-electron chi connectivity index (χ1n) is 8.34. The SMILES string of the molecule is Cc1cc2c3c(c1[N-]S(=O)(=O)c1cccnc1)CCCN3CCC2. The Labute approximate surface area is 142 Å². The molecule has 4 rings (SSSR count). The fourth-order valence-corrected chi connectivity index (χ4v) is 4.85. The molecule has 0 saturated heterocycles. The van der Waals surface area contributed by atoms with Crippen LogP contribution in [0.3, 0.4) is 0 Å². The Kier molecular flexibility index (Phi) is 3.72. The lowest BCUT2D eigenvalue weighted by Crippen LogP contribution is -2.34. The van der Waals surface area contributed by atoms with Gasteiger partial charge in [-0.3, -0.25) is 4.98 Å². The van der Waals surface area contributed by atoms with Crippen LogP contribution in [0.4, 0.5) is 11.4 Å². The molecule has 0 unspecified atom stereocenters. The second-order valence-corrected chi connectivity index (χ2v) is 8.08. The molecule has 24 heavy (non-hydrogen) atoms. The van der Waals surface area contributed by atoms with Gasteiger partial charge in [-0.2, -0.15) is 0 Å². The monoisotopic (exact) mass is 342 g/mol.